The van der Waals surface area contributed by atoms with Crippen molar-refractivity contribution in [2.24, 2.45) is 0 Å². The predicted molar refractivity (Wildman–Crippen MR) is 92.9 cm³/mol. The van der Waals surface area contributed by atoms with Crippen LogP contribution < -0.4 is 5.32 Å². The summed E-state index contributed by atoms with van der Waals surface area (Å²) in [4.78, 5) is 24.9. The number of ketones is 1. The number of carbonyl (C=O) groups excluding carboxylic acids is 2. The molecule has 4 nitrogen and oxygen atoms in total. The zero-order valence-electron chi connectivity index (χ0n) is 14.2. The minimum atomic E-state index is -0.690. The summed E-state index contributed by atoms with van der Waals surface area (Å²) in [5.41, 5.74) is 0.881. The van der Waals surface area contributed by atoms with Gasteiger partial charge in [-0.2, -0.15) is 0 Å². The molecule has 24 heavy (non-hydrogen) atoms. The molecule has 2 aromatic carbocycles. The second-order valence-electron chi connectivity index (χ2n) is 6.54. The van der Waals surface area contributed by atoms with E-state index in [9.17, 15) is 9.59 Å². The van der Waals surface area contributed by atoms with Gasteiger partial charge >= 0.3 is 6.09 Å². The number of nitrogens with one attached hydrogen (secondary N) is 1. The predicted octanol–water partition coefficient (Wildman–Crippen LogP) is 3.81. The summed E-state index contributed by atoms with van der Waals surface area (Å²) in [6.45, 7) is 5.36. The van der Waals surface area contributed by atoms with Gasteiger partial charge in [0.1, 0.15) is 5.60 Å². The third-order valence-corrected chi connectivity index (χ3v) is 3.29. The Morgan fingerprint density at radius 3 is 2.29 bits per heavy atom. The fourth-order valence-electron chi connectivity index (χ4n) is 2.26. The fraction of sp³-hybridized carbons (Fsp3) is 0.300. The third kappa shape index (κ3) is 5.54. The second-order valence-corrected chi connectivity index (χ2v) is 6.54. The van der Waals surface area contributed by atoms with E-state index in [1.54, 1.807) is 45.0 Å². The van der Waals surface area contributed by atoms with Gasteiger partial charge in [0.15, 0.2) is 5.78 Å². The van der Waals surface area contributed by atoms with Crippen molar-refractivity contribution in [3.63, 3.8) is 0 Å². The summed E-state index contributed by atoms with van der Waals surface area (Å²) in [6, 6.07) is 18.5. The molecule has 1 amide bonds. The first kappa shape index (κ1) is 17.7. The van der Waals surface area contributed by atoms with Crippen molar-refractivity contribution < 1.29 is 14.3 Å². The van der Waals surface area contributed by atoms with Gasteiger partial charge in [0.05, 0.1) is 6.04 Å². The van der Waals surface area contributed by atoms with Gasteiger partial charge in [0.25, 0.3) is 0 Å². The molecule has 2 rings (SSSR count). The van der Waals surface area contributed by atoms with Crippen molar-refractivity contribution in [3.8, 4) is 0 Å². The molecule has 0 saturated carbocycles. The lowest BCUT2D eigenvalue weighted by atomic mass is 9.98. The Balaban J connectivity index is 2.18. The number of ether oxygens (including phenoxy) is 1. The number of alkyl carbamates (subject to hydrolysis) is 1. The van der Waals surface area contributed by atoms with Crippen LogP contribution >= 0.6 is 0 Å². The van der Waals surface area contributed by atoms with E-state index in [0.29, 0.717) is 12.0 Å². The van der Waals surface area contributed by atoms with E-state index in [-0.39, 0.29) is 5.78 Å². The number of hydrogen-bond donors (Lipinski definition) is 1. The van der Waals surface area contributed by atoms with Gasteiger partial charge in [0, 0.05) is 12.0 Å². The smallest absolute Gasteiger partial charge is 0.408 e. The van der Waals surface area contributed by atoms with Gasteiger partial charge in [-0.25, -0.2) is 4.79 Å². The minimum absolute atomic E-state index is 0.154. The average Bonchev–Trinajstić information content (AvgIpc) is 2.53. The molecule has 0 aromatic heterocycles. The highest BCUT2D eigenvalue weighted by atomic mass is 16.6. The molecule has 2 aromatic rings. The van der Waals surface area contributed by atoms with Gasteiger partial charge < -0.3 is 10.1 Å². The molecular weight excluding hydrogens is 302 g/mol. The molecule has 0 unspecified atom stereocenters. The molecule has 0 aliphatic carbocycles. The van der Waals surface area contributed by atoms with Crippen LogP contribution in [0.3, 0.4) is 0 Å². The minimum Gasteiger partial charge on any atom is -0.444 e. The van der Waals surface area contributed by atoms with Crippen molar-refractivity contribution in [2.45, 2.75) is 38.8 Å². The van der Waals surface area contributed by atoms with E-state index < -0.39 is 17.7 Å². The molecule has 0 heterocycles. The van der Waals surface area contributed by atoms with Crippen LogP contribution in [0.5, 0.6) is 0 Å². The van der Waals surface area contributed by atoms with Crippen LogP contribution in [0.15, 0.2) is 54.6 Å². The van der Waals surface area contributed by atoms with Crippen molar-refractivity contribution >= 4 is 11.9 Å². The van der Waals surface area contributed by atoms with E-state index in [2.05, 4.69) is 11.4 Å². The van der Waals surface area contributed by atoms with Gasteiger partial charge in [-0.1, -0.05) is 54.6 Å². The number of carbonyl (C=O) groups is 2. The standard InChI is InChI=1S/C20H22NO3/c1-20(2,3)24-19(23)21-17(14-15-10-6-4-7-11-15)18(22)16-12-8-5-9-13-16/h4,6-13,17H,14H2,1-3H3,(H,21,23)/t17-/m0/s1. The SMILES string of the molecule is CC(C)(C)OC(=O)N[C@@H](Cc1ccccc1)C(=O)c1cc[c]cc1. The first-order valence-corrected chi connectivity index (χ1v) is 7.89. The quantitative estimate of drug-likeness (QED) is 0.851. The summed E-state index contributed by atoms with van der Waals surface area (Å²) < 4.78 is 5.28. The van der Waals surface area contributed by atoms with E-state index in [4.69, 9.17) is 4.74 Å². The van der Waals surface area contributed by atoms with Gasteiger partial charge in [-0.3, -0.25) is 4.79 Å². The zero-order chi connectivity index (χ0) is 17.6. The van der Waals surface area contributed by atoms with Crippen LogP contribution in [0, 0.1) is 6.07 Å². The van der Waals surface area contributed by atoms with E-state index in [1.807, 2.05) is 30.3 Å². The van der Waals surface area contributed by atoms with Crippen LogP contribution in [0.4, 0.5) is 4.79 Å². The molecule has 125 valence electrons. The van der Waals surface area contributed by atoms with Crippen molar-refractivity contribution in [3.05, 3.63) is 71.8 Å². The van der Waals surface area contributed by atoms with E-state index in [1.165, 1.54) is 0 Å². The maximum absolute atomic E-state index is 12.8. The van der Waals surface area contributed by atoms with Gasteiger partial charge in [0.2, 0.25) is 0 Å². The highest BCUT2D eigenvalue weighted by molar-refractivity contribution is 6.01. The third-order valence-electron chi connectivity index (χ3n) is 3.29. The van der Waals surface area contributed by atoms with Crippen molar-refractivity contribution in [1.29, 1.82) is 0 Å². The lowest BCUT2D eigenvalue weighted by molar-refractivity contribution is 0.0491. The summed E-state index contributed by atoms with van der Waals surface area (Å²) in [5, 5.41) is 2.70. The van der Waals surface area contributed by atoms with E-state index >= 15 is 0 Å². The zero-order valence-corrected chi connectivity index (χ0v) is 14.2. The van der Waals surface area contributed by atoms with Crippen LogP contribution in [-0.4, -0.2) is 23.5 Å². The van der Waals surface area contributed by atoms with Crippen LogP contribution in [0.25, 0.3) is 0 Å². The van der Waals surface area contributed by atoms with Crippen LogP contribution in [0.2, 0.25) is 0 Å². The normalized spacial score (nSPS) is 12.3. The Bertz CT molecular complexity index is 675. The monoisotopic (exact) mass is 324 g/mol. The number of benzene rings is 2. The molecule has 0 fully saturated rings. The molecular formula is C20H22NO3. The Kier molecular flexibility index (Phi) is 5.74. The highest BCUT2D eigenvalue weighted by Crippen LogP contribution is 2.12. The molecule has 0 aliphatic heterocycles. The highest BCUT2D eigenvalue weighted by Gasteiger charge is 2.25. The van der Waals surface area contributed by atoms with Crippen LogP contribution in [0.1, 0.15) is 36.7 Å². The van der Waals surface area contributed by atoms with Crippen LogP contribution in [-0.2, 0) is 11.2 Å². The Hall–Kier alpha value is -2.62. The first-order valence-electron chi connectivity index (χ1n) is 7.89. The Labute approximate surface area is 142 Å². The van der Waals surface area contributed by atoms with Crippen molar-refractivity contribution in [1.82, 2.24) is 5.32 Å². The molecule has 0 spiro atoms. The van der Waals surface area contributed by atoms with Crippen molar-refractivity contribution in [2.75, 3.05) is 0 Å². The lowest BCUT2D eigenvalue weighted by Crippen LogP contribution is -2.44. The molecule has 0 aliphatic rings. The second kappa shape index (κ2) is 7.77. The fourth-order valence-corrected chi connectivity index (χ4v) is 2.26. The molecule has 1 atom stereocenters. The summed E-state index contributed by atoms with van der Waals surface area (Å²) in [7, 11) is 0. The number of Topliss-reactive ketones (excluding diaryl/α,β-unsaturated/α-hetero) is 1. The average molecular weight is 324 g/mol. The number of hydrogen-bond acceptors (Lipinski definition) is 3. The van der Waals surface area contributed by atoms with E-state index in [0.717, 1.165) is 5.56 Å². The number of rotatable bonds is 5. The van der Waals surface area contributed by atoms with Gasteiger partial charge in [-0.15, -0.1) is 0 Å². The number of amides is 1. The molecule has 1 radical (unpaired) electrons. The molecule has 0 saturated heterocycles. The lowest BCUT2D eigenvalue weighted by Gasteiger charge is -2.23. The Morgan fingerprint density at radius 2 is 1.71 bits per heavy atom. The maximum Gasteiger partial charge on any atom is 0.408 e. The summed E-state index contributed by atoms with van der Waals surface area (Å²) in [5.74, 6) is -0.154. The Morgan fingerprint density at radius 1 is 1.08 bits per heavy atom. The molecule has 1 N–H and O–H groups in total. The first-order chi connectivity index (χ1) is 11.3. The van der Waals surface area contributed by atoms with Gasteiger partial charge in [-0.05, 0) is 32.4 Å². The summed E-state index contributed by atoms with van der Waals surface area (Å²) in [6.07, 6.45) is -0.198. The molecule has 0 bridgehead atoms. The maximum atomic E-state index is 12.8. The molecule has 4 heteroatoms. The summed E-state index contributed by atoms with van der Waals surface area (Å²) >= 11 is 0. The largest absolute Gasteiger partial charge is 0.444 e. The topological polar surface area (TPSA) is 55.4 Å².